The Morgan fingerprint density at radius 3 is 2.52 bits per heavy atom. The Labute approximate surface area is 139 Å². The number of anilines is 1. The van der Waals surface area contributed by atoms with Crippen LogP contribution in [0.15, 0.2) is 18.3 Å². The zero-order chi connectivity index (χ0) is 16.2. The maximum atomic E-state index is 12.3. The quantitative estimate of drug-likeness (QED) is 0.933. The van der Waals surface area contributed by atoms with Crippen molar-refractivity contribution in [1.29, 1.82) is 0 Å². The zero-order valence-electron chi connectivity index (χ0n) is 14.3. The molecule has 2 amide bonds. The average molecular weight is 316 g/mol. The highest BCUT2D eigenvalue weighted by molar-refractivity contribution is 5.74. The van der Waals surface area contributed by atoms with Gasteiger partial charge < -0.3 is 15.1 Å². The van der Waals surface area contributed by atoms with E-state index >= 15 is 0 Å². The van der Waals surface area contributed by atoms with Crippen molar-refractivity contribution in [2.24, 2.45) is 11.8 Å². The molecular formula is C18H28N4O. The Kier molecular flexibility index (Phi) is 5.03. The monoisotopic (exact) mass is 316 g/mol. The fourth-order valence-electron chi connectivity index (χ4n) is 3.77. The summed E-state index contributed by atoms with van der Waals surface area (Å²) in [6.45, 7) is 8.92. The van der Waals surface area contributed by atoms with E-state index in [1.807, 2.05) is 11.1 Å². The van der Waals surface area contributed by atoms with Crippen LogP contribution in [0.1, 0.15) is 38.7 Å². The molecule has 2 aliphatic rings. The summed E-state index contributed by atoms with van der Waals surface area (Å²) in [5, 5.41) is 3.03. The Bertz CT molecular complexity index is 514. The van der Waals surface area contributed by atoms with Gasteiger partial charge in [-0.25, -0.2) is 9.78 Å². The predicted octanol–water partition coefficient (Wildman–Crippen LogP) is 2.87. The van der Waals surface area contributed by atoms with Crippen LogP contribution in [0.4, 0.5) is 10.6 Å². The molecule has 1 aromatic heterocycles. The fourth-order valence-corrected chi connectivity index (χ4v) is 3.77. The van der Waals surface area contributed by atoms with Gasteiger partial charge in [0.15, 0.2) is 0 Å². The normalized spacial score (nSPS) is 24.8. The lowest BCUT2D eigenvalue weighted by atomic mass is 9.92. The SMILES string of the molecule is CC1CC(C)CN(C(=O)NCc2ccc(N3CCCC3)nc2)C1. The number of hydrogen-bond donors (Lipinski definition) is 1. The van der Waals surface area contributed by atoms with Crippen LogP contribution in [0.3, 0.4) is 0 Å². The maximum Gasteiger partial charge on any atom is 0.317 e. The lowest BCUT2D eigenvalue weighted by molar-refractivity contribution is 0.146. The number of rotatable bonds is 3. The first kappa shape index (κ1) is 16.1. The highest BCUT2D eigenvalue weighted by Crippen LogP contribution is 2.21. The molecule has 126 valence electrons. The molecule has 0 spiro atoms. The van der Waals surface area contributed by atoms with Gasteiger partial charge in [0.25, 0.3) is 0 Å². The fraction of sp³-hybridized carbons (Fsp3) is 0.667. The summed E-state index contributed by atoms with van der Waals surface area (Å²) >= 11 is 0. The Hall–Kier alpha value is -1.78. The molecule has 2 atom stereocenters. The van der Waals surface area contributed by atoms with Crippen molar-refractivity contribution in [2.45, 2.75) is 39.7 Å². The average Bonchev–Trinajstić information content (AvgIpc) is 3.06. The van der Waals surface area contributed by atoms with Crippen molar-refractivity contribution in [1.82, 2.24) is 15.2 Å². The number of aromatic nitrogens is 1. The Morgan fingerprint density at radius 2 is 1.91 bits per heavy atom. The van der Waals surface area contributed by atoms with Crippen LogP contribution in [-0.4, -0.2) is 42.1 Å². The molecule has 2 unspecified atom stereocenters. The van der Waals surface area contributed by atoms with Crippen LogP contribution < -0.4 is 10.2 Å². The number of likely N-dealkylation sites (tertiary alicyclic amines) is 1. The van der Waals surface area contributed by atoms with Gasteiger partial charge in [-0.1, -0.05) is 19.9 Å². The molecular weight excluding hydrogens is 288 g/mol. The lowest BCUT2D eigenvalue weighted by Crippen LogP contribution is -2.47. The van der Waals surface area contributed by atoms with E-state index in [2.05, 4.69) is 41.2 Å². The number of urea groups is 1. The van der Waals surface area contributed by atoms with Crippen molar-refractivity contribution in [3.63, 3.8) is 0 Å². The first-order valence-electron chi connectivity index (χ1n) is 8.84. The van der Waals surface area contributed by atoms with Crippen LogP contribution in [0, 0.1) is 11.8 Å². The van der Waals surface area contributed by atoms with Crippen molar-refractivity contribution in [3.05, 3.63) is 23.9 Å². The van der Waals surface area contributed by atoms with Crippen molar-refractivity contribution in [2.75, 3.05) is 31.1 Å². The van der Waals surface area contributed by atoms with Crippen LogP contribution in [0.2, 0.25) is 0 Å². The van der Waals surface area contributed by atoms with Crippen molar-refractivity contribution < 1.29 is 4.79 Å². The topological polar surface area (TPSA) is 48.5 Å². The second-order valence-electron chi connectivity index (χ2n) is 7.23. The van der Waals surface area contributed by atoms with E-state index in [4.69, 9.17) is 0 Å². The minimum atomic E-state index is 0.0482. The van der Waals surface area contributed by atoms with Crippen LogP contribution in [0.25, 0.3) is 0 Å². The van der Waals surface area contributed by atoms with Gasteiger partial charge >= 0.3 is 6.03 Å². The second-order valence-corrected chi connectivity index (χ2v) is 7.23. The third-order valence-electron chi connectivity index (χ3n) is 4.84. The summed E-state index contributed by atoms with van der Waals surface area (Å²) in [5.74, 6) is 2.23. The molecule has 0 aliphatic carbocycles. The van der Waals surface area contributed by atoms with E-state index in [-0.39, 0.29) is 6.03 Å². The van der Waals surface area contributed by atoms with Crippen molar-refractivity contribution in [3.8, 4) is 0 Å². The van der Waals surface area contributed by atoms with Crippen LogP contribution in [-0.2, 0) is 6.54 Å². The highest BCUT2D eigenvalue weighted by atomic mass is 16.2. The minimum absolute atomic E-state index is 0.0482. The van der Waals surface area contributed by atoms with Gasteiger partial charge in [0.2, 0.25) is 0 Å². The second kappa shape index (κ2) is 7.20. The molecule has 3 heterocycles. The molecule has 0 radical (unpaired) electrons. The molecule has 0 aromatic carbocycles. The van der Waals surface area contributed by atoms with Gasteiger partial charge in [-0.05, 0) is 42.7 Å². The molecule has 0 bridgehead atoms. The van der Waals surface area contributed by atoms with E-state index in [1.165, 1.54) is 19.3 Å². The highest BCUT2D eigenvalue weighted by Gasteiger charge is 2.25. The molecule has 3 rings (SSSR count). The summed E-state index contributed by atoms with van der Waals surface area (Å²) in [4.78, 5) is 21.1. The third kappa shape index (κ3) is 4.15. The summed E-state index contributed by atoms with van der Waals surface area (Å²) in [5.41, 5.74) is 1.06. The zero-order valence-corrected chi connectivity index (χ0v) is 14.3. The largest absolute Gasteiger partial charge is 0.357 e. The van der Waals surface area contributed by atoms with Crippen LogP contribution >= 0.6 is 0 Å². The number of nitrogens with one attached hydrogen (secondary N) is 1. The van der Waals surface area contributed by atoms with Crippen molar-refractivity contribution >= 4 is 11.8 Å². The summed E-state index contributed by atoms with van der Waals surface area (Å²) in [6.07, 6.45) is 5.61. The Balaban J connectivity index is 1.50. The van der Waals surface area contributed by atoms with E-state index in [1.54, 1.807) is 0 Å². The third-order valence-corrected chi connectivity index (χ3v) is 4.84. The minimum Gasteiger partial charge on any atom is -0.357 e. The first-order chi connectivity index (χ1) is 11.1. The molecule has 2 saturated heterocycles. The van der Waals surface area contributed by atoms with E-state index in [9.17, 15) is 4.79 Å². The number of piperidine rings is 1. The smallest absolute Gasteiger partial charge is 0.317 e. The van der Waals surface area contributed by atoms with Gasteiger partial charge in [0.1, 0.15) is 5.82 Å². The van der Waals surface area contributed by atoms with Gasteiger partial charge in [-0.3, -0.25) is 0 Å². The molecule has 5 heteroatoms. The van der Waals surface area contributed by atoms with E-state index in [0.717, 1.165) is 37.6 Å². The number of pyridine rings is 1. The van der Waals surface area contributed by atoms with E-state index in [0.29, 0.717) is 18.4 Å². The molecule has 5 nitrogen and oxygen atoms in total. The molecule has 1 N–H and O–H groups in total. The van der Waals surface area contributed by atoms with E-state index < -0.39 is 0 Å². The number of carbonyl (C=O) groups is 1. The molecule has 23 heavy (non-hydrogen) atoms. The maximum absolute atomic E-state index is 12.3. The number of hydrogen-bond acceptors (Lipinski definition) is 3. The van der Waals surface area contributed by atoms with Gasteiger partial charge in [-0.15, -0.1) is 0 Å². The summed E-state index contributed by atoms with van der Waals surface area (Å²) < 4.78 is 0. The number of nitrogens with zero attached hydrogens (tertiary/aromatic N) is 3. The summed E-state index contributed by atoms with van der Waals surface area (Å²) in [6, 6.07) is 4.19. The van der Waals surface area contributed by atoms with Gasteiger partial charge in [0, 0.05) is 38.9 Å². The van der Waals surface area contributed by atoms with Gasteiger partial charge in [-0.2, -0.15) is 0 Å². The predicted molar refractivity (Wildman–Crippen MR) is 92.4 cm³/mol. The summed E-state index contributed by atoms with van der Waals surface area (Å²) in [7, 11) is 0. The molecule has 2 aliphatic heterocycles. The van der Waals surface area contributed by atoms with Crippen LogP contribution in [0.5, 0.6) is 0 Å². The number of amides is 2. The lowest BCUT2D eigenvalue weighted by Gasteiger charge is -2.34. The first-order valence-corrected chi connectivity index (χ1v) is 8.84. The molecule has 2 fully saturated rings. The standard InChI is InChI=1S/C18H28N4O/c1-14-9-15(2)13-22(12-14)18(23)20-11-16-5-6-17(19-10-16)21-7-3-4-8-21/h5-6,10,14-15H,3-4,7-9,11-13H2,1-2H3,(H,20,23). The Morgan fingerprint density at radius 1 is 1.22 bits per heavy atom. The van der Waals surface area contributed by atoms with Gasteiger partial charge in [0.05, 0.1) is 0 Å². The molecule has 0 saturated carbocycles. The molecule has 1 aromatic rings. The number of carbonyl (C=O) groups excluding carboxylic acids is 1.